The number of benzene rings is 2. The lowest BCUT2D eigenvalue weighted by Crippen LogP contribution is -2.21. The highest BCUT2D eigenvalue weighted by Crippen LogP contribution is 2.32. The molecule has 0 saturated carbocycles. The topological polar surface area (TPSA) is 90.7 Å². The maximum Gasteiger partial charge on any atom is 0.335 e. The summed E-state index contributed by atoms with van der Waals surface area (Å²) in [5.41, 5.74) is 2.19. The van der Waals surface area contributed by atoms with Crippen LogP contribution in [0.4, 0.5) is 0 Å². The van der Waals surface area contributed by atoms with Crippen molar-refractivity contribution in [3.63, 3.8) is 0 Å². The Kier molecular flexibility index (Phi) is 5.75. The molecule has 1 aromatic heterocycles. The van der Waals surface area contributed by atoms with E-state index >= 15 is 0 Å². The highest BCUT2D eigenvalue weighted by atomic mass is 16.5. The smallest absolute Gasteiger partial charge is 0.335 e. The monoisotopic (exact) mass is 420 g/mol. The van der Waals surface area contributed by atoms with Gasteiger partial charge in [0.1, 0.15) is 5.82 Å². The molecule has 7 nitrogen and oxygen atoms in total. The van der Waals surface area contributed by atoms with Gasteiger partial charge in [0.25, 0.3) is 5.56 Å². The third kappa shape index (κ3) is 4.03. The summed E-state index contributed by atoms with van der Waals surface area (Å²) in [6, 6.07) is 10.1. The minimum Gasteiger partial charge on any atom is -0.493 e. The van der Waals surface area contributed by atoms with E-state index in [2.05, 4.69) is 11.9 Å². The van der Waals surface area contributed by atoms with E-state index in [9.17, 15) is 14.7 Å². The number of aromatic carboxylic acids is 1. The molecule has 4 rings (SSSR count). The zero-order valence-electron chi connectivity index (χ0n) is 17.6. The van der Waals surface area contributed by atoms with E-state index in [4.69, 9.17) is 9.47 Å². The number of ether oxygens (including phenoxy) is 2. The number of fused-ring (bicyclic) bond motifs is 2. The van der Waals surface area contributed by atoms with Crippen molar-refractivity contribution < 1.29 is 19.4 Å². The molecule has 0 spiro atoms. The lowest BCUT2D eigenvalue weighted by atomic mass is 10.1. The number of aromatic nitrogens is 2. The van der Waals surface area contributed by atoms with Gasteiger partial charge in [0.15, 0.2) is 11.5 Å². The first-order valence-corrected chi connectivity index (χ1v) is 10.3. The van der Waals surface area contributed by atoms with Crippen LogP contribution in [0.1, 0.15) is 47.9 Å². The van der Waals surface area contributed by atoms with E-state index in [1.165, 1.54) is 18.2 Å². The van der Waals surface area contributed by atoms with E-state index in [0.29, 0.717) is 47.8 Å². The molecule has 0 unspecified atom stereocenters. The number of hydrogen-bond acceptors (Lipinski definition) is 5. The Morgan fingerprint density at radius 2 is 2.06 bits per heavy atom. The van der Waals surface area contributed by atoms with Gasteiger partial charge in [-0.3, -0.25) is 9.36 Å². The molecular formula is C24H24N2O5. The van der Waals surface area contributed by atoms with Gasteiger partial charge in [-0.1, -0.05) is 19.4 Å². The molecule has 1 N–H and O–H groups in total. The number of rotatable bonds is 7. The number of methoxy groups -OCH3 is 1. The first-order chi connectivity index (χ1) is 15.0. The Morgan fingerprint density at radius 3 is 2.81 bits per heavy atom. The van der Waals surface area contributed by atoms with Crippen LogP contribution >= 0.6 is 0 Å². The van der Waals surface area contributed by atoms with Gasteiger partial charge in [0.2, 0.25) is 0 Å². The van der Waals surface area contributed by atoms with Crippen LogP contribution < -0.4 is 15.0 Å². The van der Waals surface area contributed by atoms with Crippen molar-refractivity contribution in [3.8, 4) is 11.5 Å². The van der Waals surface area contributed by atoms with Crippen molar-refractivity contribution in [2.75, 3.05) is 13.7 Å². The molecule has 2 heterocycles. The average molecular weight is 420 g/mol. The fraction of sp³-hybridized carbons (Fsp3) is 0.292. The van der Waals surface area contributed by atoms with E-state index in [-0.39, 0.29) is 11.1 Å². The fourth-order valence-corrected chi connectivity index (χ4v) is 3.71. The van der Waals surface area contributed by atoms with Crippen LogP contribution in [0.25, 0.3) is 22.6 Å². The largest absolute Gasteiger partial charge is 0.493 e. The van der Waals surface area contributed by atoms with Crippen LogP contribution in [0, 0.1) is 0 Å². The lowest BCUT2D eigenvalue weighted by Gasteiger charge is -2.11. The van der Waals surface area contributed by atoms with Gasteiger partial charge in [-0.05, 0) is 60.4 Å². The SMILES string of the molecule is CCCCOc1cc(/C=C2\CCn3c2nc2cc(C(=O)O)ccc2c3=O)ccc1OC. The molecule has 1 aliphatic rings. The summed E-state index contributed by atoms with van der Waals surface area (Å²) in [6.45, 7) is 3.27. The maximum absolute atomic E-state index is 12.9. The van der Waals surface area contributed by atoms with Crippen LogP contribution in [0.15, 0.2) is 41.2 Å². The van der Waals surface area contributed by atoms with Gasteiger partial charge >= 0.3 is 5.97 Å². The first kappa shape index (κ1) is 20.7. The lowest BCUT2D eigenvalue weighted by molar-refractivity contribution is 0.0697. The zero-order valence-corrected chi connectivity index (χ0v) is 17.6. The van der Waals surface area contributed by atoms with E-state index in [1.807, 2.05) is 24.3 Å². The molecule has 0 atom stereocenters. The summed E-state index contributed by atoms with van der Waals surface area (Å²) >= 11 is 0. The van der Waals surface area contributed by atoms with E-state index in [0.717, 1.165) is 24.0 Å². The first-order valence-electron chi connectivity index (χ1n) is 10.3. The van der Waals surface area contributed by atoms with Crippen LogP contribution in [0.3, 0.4) is 0 Å². The van der Waals surface area contributed by atoms with E-state index < -0.39 is 5.97 Å². The molecule has 160 valence electrons. The van der Waals surface area contributed by atoms with Crippen molar-refractivity contribution in [1.29, 1.82) is 0 Å². The predicted molar refractivity (Wildman–Crippen MR) is 119 cm³/mol. The minimum atomic E-state index is -1.05. The van der Waals surface area contributed by atoms with Crippen molar-refractivity contribution in [3.05, 3.63) is 63.7 Å². The van der Waals surface area contributed by atoms with Gasteiger partial charge in [-0.15, -0.1) is 0 Å². The quantitative estimate of drug-likeness (QED) is 0.576. The van der Waals surface area contributed by atoms with Crippen LogP contribution in [-0.2, 0) is 6.54 Å². The average Bonchev–Trinajstić information content (AvgIpc) is 3.16. The molecule has 0 radical (unpaired) electrons. The standard InChI is InChI=1S/C24H24N2O5/c1-3-4-11-31-21-13-15(5-8-20(21)30-2)12-16-9-10-26-22(16)25-19-14-17(24(28)29)6-7-18(19)23(26)27/h5-8,12-14H,3-4,9-11H2,1-2H3,(H,28,29)/b16-12+. The Morgan fingerprint density at radius 1 is 1.23 bits per heavy atom. The molecular weight excluding hydrogens is 396 g/mol. The summed E-state index contributed by atoms with van der Waals surface area (Å²) in [4.78, 5) is 28.8. The second kappa shape index (κ2) is 8.63. The third-order valence-electron chi connectivity index (χ3n) is 5.38. The van der Waals surface area contributed by atoms with Crippen LogP contribution in [0.5, 0.6) is 11.5 Å². The van der Waals surface area contributed by atoms with Crippen LogP contribution in [-0.4, -0.2) is 34.3 Å². The predicted octanol–water partition coefficient (Wildman–Crippen LogP) is 4.23. The molecule has 7 heteroatoms. The van der Waals surface area contributed by atoms with Gasteiger partial charge < -0.3 is 14.6 Å². The van der Waals surface area contributed by atoms with Crippen molar-refractivity contribution in [2.24, 2.45) is 0 Å². The van der Waals surface area contributed by atoms with Gasteiger partial charge in [-0.25, -0.2) is 9.78 Å². The number of allylic oxidation sites excluding steroid dienone is 1. The normalized spacial score (nSPS) is 14.1. The third-order valence-corrected chi connectivity index (χ3v) is 5.38. The summed E-state index contributed by atoms with van der Waals surface area (Å²) < 4.78 is 12.9. The zero-order chi connectivity index (χ0) is 22.0. The minimum absolute atomic E-state index is 0.108. The number of carboxylic acids is 1. The number of hydrogen-bond donors (Lipinski definition) is 1. The van der Waals surface area contributed by atoms with Crippen molar-refractivity contribution in [2.45, 2.75) is 32.7 Å². The van der Waals surface area contributed by atoms with Gasteiger partial charge in [0.05, 0.1) is 30.2 Å². The fourth-order valence-electron chi connectivity index (χ4n) is 3.71. The molecule has 0 aliphatic carbocycles. The summed E-state index contributed by atoms with van der Waals surface area (Å²) in [6.07, 6.45) is 4.66. The Bertz CT molecular complexity index is 1240. The number of carboxylic acid groups (broad SMARTS) is 1. The highest BCUT2D eigenvalue weighted by Gasteiger charge is 2.21. The second-order valence-electron chi connectivity index (χ2n) is 7.46. The Labute approximate surface area is 179 Å². The second-order valence-corrected chi connectivity index (χ2v) is 7.46. The number of unbranched alkanes of at least 4 members (excludes halogenated alkanes) is 1. The van der Waals surface area contributed by atoms with E-state index in [1.54, 1.807) is 11.7 Å². The van der Waals surface area contributed by atoms with Gasteiger partial charge in [0, 0.05) is 6.54 Å². The molecule has 2 aromatic carbocycles. The molecule has 0 bridgehead atoms. The Hall–Kier alpha value is -3.61. The summed E-state index contributed by atoms with van der Waals surface area (Å²) in [5.74, 6) is 0.878. The van der Waals surface area contributed by atoms with Crippen LogP contribution in [0.2, 0.25) is 0 Å². The van der Waals surface area contributed by atoms with Crippen molar-refractivity contribution >= 4 is 28.5 Å². The molecule has 31 heavy (non-hydrogen) atoms. The number of carbonyl (C=O) groups is 1. The molecule has 3 aromatic rings. The molecule has 0 amide bonds. The maximum atomic E-state index is 12.9. The number of nitrogens with zero attached hydrogens (tertiary/aromatic N) is 2. The highest BCUT2D eigenvalue weighted by molar-refractivity contribution is 5.93. The molecule has 0 saturated heterocycles. The summed E-state index contributed by atoms with van der Waals surface area (Å²) in [5, 5.41) is 9.68. The molecule has 1 aliphatic heterocycles. The van der Waals surface area contributed by atoms with Crippen molar-refractivity contribution in [1.82, 2.24) is 9.55 Å². The Balaban J connectivity index is 1.74. The van der Waals surface area contributed by atoms with Gasteiger partial charge in [-0.2, -0.15) is 0 Å². The molecule has 0 fully saturated rings. The summed E-state index contributed by atoms with van der Waals surface area (Å²) in [7, 11) is 1.61.